The summed E-state index contributed by atoms with van der Waals surface area (Å²) in [5.74, 6) is -0.227. The summed E-state index contributed by atoms with van der Waals surface area (Å²) in [6.07, 6.45) is 0.621. The number of fused-ring (bicyclic) bond motifs is 1. The van der Waals surface area contributed by atoms with Gasteiger partial charge in [-0.05, 0) is 65.1 Å². The molecule has 0 fully saturated rings. The number of amides is 2. The predicted molar refractivity (Wildman–Crippen MR) is 142 cm³/mol. The summed E-state index contributed by atoms with van der Waals surface area (Å²) in [6.45, 7) is 0.939. The van der Waals surface area contributed by atoms with Gasteiger partial charge in [-0.25, -0.2) is 0 Å². The minimum atomic E-state index is -0.707. The van der Waals surface area contributed by atoms with Crippen molar-refractivity contribution in [3.8, 4) is 0 Å². The van der Waals surface area contributed by atoms with Crippen LogP contribution in [0.2, 0.25) is 10.0 Å². The highest BCUT2D eigenvalue weighted by molar-refractivity contribution is 6.35. The monoisotopic (exact) mass is 510 g/mol. The summed E-state index contributed by atoms with van der Waals surface area (Å²) in [4.78, 5) is 29.3. The van der Waals surface area contributed by atoms with Crippen LogP contribution in [-0.4, -0.2) is 36.9 Å². The third-order valence-corrected chi connectivity index (χ3v) is 6.70. The van der Waals surface area contributed by atoms with Gasteiger partial charge in [0.15, 0.2) is 0 Å². The number of hydrogen-bond donors (Lipinski definition) is 2. The highest BCUT2D eigenvalue weighted by atomic mass is 35.5. The molecular formula is C27H28Cl2N4O2. The molecular weight excluding hydrogens is 483 g/mol. The van der Waals surface area contributed by atoms with Gasteiger partial charge in [0.25, 0.3) is 0 Å². The number of nitrogens with zero attached hydrogens (tertiary/aromatic N) is 2. The highest BCUT2D eigenvalue weighted by Crippen LogP contribution is 2.27. The second kappa shape index (κ2) is 10.7. The number of nitrogens with two attached hydrogens (primary N) is 1. The molecule has 0 radical (unpaired) electrons. The van der Waals surface area contributed by atoms with Crippen molar-refractivity contribution in [3.63, 3.8) is 0 Å². The van der Waals surface area contributed by atoms with E-state index in [0.29, 0.717) is 35.2 Å². The Morgan fingerprint density at radius 1 is 1.00 bits per heavy atom. The molecule has 3 aromatic carbocycles. The van der Waals surface area contributed by atoms with Gasteiger partial charge >= 0.3 is 0 Å². The maximum Gasteiger partial charge on any atom is 0.240 e. The van der Waals surface area contributed by atoms with Crippen molar-refractivity contribution in [2.45, 2.75) is 32.0 Å². The quantitative estimate of drug-likeness (QED) is 0.484. The fourth-order valence-electron chi connectivity index (χ4n) is 4.18. The topological polar surface area (TPSA) is 78.7 Å². The zero-order valence-corrected chi connectivity index (χ0v) is 21.2. The highest BCUT2D eigenvalue weighted by Gasteiger charge is 2.28. The Morgan fingerprint density at radius 3 is 2.40 bits per heavy atom. The molecule has 0 spiro atoms. The van der Waals surface area contributed by atoms with Gasteiger partial charge in [-0.15, -0.1) is 0 Å². The van der Waals surface area contributed by atoms with Crippen LogP contribution in [0.1, 0.15) is 22.3 Å². The first kappa shape index (κ1) is 25.0. The number of halogens is 2. The van der Waals surface area contributed by atoms with Crippen molar-refractivity contribution in [2.24, 2.45) is 5.73 Å². The van der Waals surface area contributed by atoms with Crippen molar-refractivity contribution < 1.29 is 9.59 Å². The summed E-state index contributed by atoms with van der Waals surface area (Å²) < 4.78 is 0. The van der Waals surface area contributed by atoms with E-state index in [2.05, 4.69) is 5.32 Å². The lowest BCUT2D eigenvalue weighted by Gasteiger charge is -2.20. The third kappa shape index (κ3) is 6.14. The molecule has 6 nitrogen and oxygen atoms in total. The Kier molecular flexibility index (Phi) is 7.65. The molecule has 0 saturated heterocycles. The molecule has 0 bridgehead atoms. The van der Waals surface area contributed by atoms with E-state index in [4.69, 9.17) is 28.9 Å². The van der Waals surface area contributed by atoms with E-state index in [1.54, 1.807) is 23.1 Å². The Balaban J connectivity index is 1.34. The van der Waals surface area contributed by atoms with Gasteiger partial charge in [-0.1, -0.05) is 47.5 Å². The molecule has 0 aromatic heterocycles. The van der Waals surface area contributed by atoms with Crippen molar-refractivity contribution >= 4 is 46.4 Å². The van der Waals surface area contributed by atoms with E-state index in [1.807, 2.05) is 61.5 Å². The zero-order chi connectivity index (χ0) is 25.1. The molecule has 35 heavy (non-hydrogen) atoms. The number of rotatable bonds is 7. The normalized spacial score (nSPS) is 13.3. The second-order valence-corrected chi connectivity index (χ2v) is 9.85. The molecule has 182 valence electrons. The summed E-state index contributed by atoms with van der Waals surface area (Å²) in [5.41, 5.74) is 11.8. The summed E-state index contributed by atoms with van der Waals surface area (Å²) in [7, 11) is 3.96. The Labute approximate surface area is 215 Å². The molecule has 2 amide bonds. The van der Waals surface area contributed by atoms with Crippen molar-refractivity contribution in [1.29, 1.82) is 0 Å². The van der Waals surface area contributed by atoms with Crippen LogP contribution in [0.4, 0.5) is 11.4 Å². The number of carbonyl (C=O) groups excluding carboxylic acids is 2. The van der Waals surface area contributed by atoms with Crippen LogP contribution >= 0.6 is 23.2 Å². The SMILES string of the molecule is CN(C)c1ccc(CC(=O)Nc2ccc3c(c2)CN(C(=O)C(N)Cc2ccc(Cl)cc2Cl)C3)cc1. The van der Waals surface area contributed by atoms with Crippen molar-refractivity contribution in [3.05, 3.63) is 93.0 Å². The number of anilines is 2. The number of nitrogens with one attached hydrogen (secondary N) is 1. The van der Waals surface area contributed by atoms with E-state index in [0.717, 1.165) is 27.9 Å². The molecule has 3 N–H and O–H groups in total. The van der Waals surface area contributed by atoms with Crippen LogP contribution in [0.15, 0.2) is 60.7 Å². The molecule has 1 aliphatic heterocycles. The van der Waals surface area contributed by atoms with Crippen LogP contribution in [0.3, 0.4) is 0 Å². The minimum absolute atomic E-state index is 0.0876. The largest absolute Gasteiger partial charge is 0.378 e. The third-order valence-electron chi connectivity index (χ3n) is 6.11. The van der Waals surface area contributed by atoms with Gasteiger partial charge in [0.05, 0.1) is 12.5 Å². The van der Waals surface area contributed by atoms with Crippen LogP contribution in [0, 0.1) is 0 Å². The fraction of sp³-hybridized carbons (Fsp3) is 0.259. The Bertz CT molecular complexity index is 1240. The predicted octanol–water partition coefficient (Wildman–Crippen LogP) is 4.65. The molecule has 1 unspecified atom stereocenters. The average Bonchev–Trinajstić information content (AvgIpc) is 3.24. The van der Waals surface area contributed by atoms with Gasteiger partial charge in [-0.3, -0.25) is 9.59 Å². The molecule has 1 aliphatic rings. The van der Waals surface area contributed by atoms with Gasteiger partial charge in [-0.2, -0.15) is 0 Å². The Morgan fingerprint density at radius 2 is 1.71 bits per heavy atom. The van der Waals surface area contributed by atoms with E-state index in [9.17, 15) is 9.59 Å². The van der Waals surface area contributed by atoms with Crippen LogP contribution in [-0.2, 0) is 35.5 Å². The maximum atomic E-state index is 13.0. The first-order chi connectivity index (χ1) is 16.7. The minimum Gasteiger partial charge on any atom is -0.378 e. The van der Waals surface area contributed by atoms with E-state index in [-0.39, 0.29) is 18.2 Å². The average molecular weight is 511 g/mol. The van der Waals surface area contributed by atoms with Crippen LogP contribution in [0.25, 0.3) is 0 Å². The Hall–Kier alpha value is -3.06. The second-order valence-electron chi connectivity index (χ2n) is 9.01. The molecule has 0 saturated carbocycles. The number of hydrogen-bond acceptors (Lipinski definition) is 4. The van der Waals surface area contributed by atoms with Gasteiger partial charge in [0.2, 0.25) is 11.8 Å². The van der Waals surface area contributed by atoms with Crippen LogP contribution < -0.4 is 16.0 Å². The number of carbonyl (C=O) groups is 2. The van der Waals surface area contributed by atoms with Crippen molar-refractivity contribution in [2.75, 3.05) is 24.3 Å². The number of benzene rings is 3. The van der Waals surface area contributed by atoms with E-state index in [1.165, 1.54) is 0 Å². The fourth-order valence-corrected chi connectivity index (χ4v) is 4.66. The molecule has 1 atom stereocenters. The molecule has 0 aliphatic carbocycles. The molecule has 8 heteroatoms. The smallest absolute Gasteiger partial charge is 0.240 e. The first-order valence-electron chi connectivity index (χ1n) is 11.4. The lowest BCUT2D eigenvalue weighted by molar-refractivity contribution is -0.133. The molecule has 4 rings (SSSR count). The van der Waals surface area contributed by atoms with Gasteiger partial charge < -0.3 is 20.9 Å². The van der Waals surface area contributed by atoms with Gasteiger partial charge in [0, 0.05) is 48.6 Å². The molecule has 3 aromatic rings. The lowest BCUT2D eigenvalue weighted by Crippen LogP contribution is -2.42. The standard InChI is InChI=1S/C27H28Cl2N4O2/c1-32(2)23-9-3-17(4-10-23)11-26(34)31-22-8-6-19-15-33(16-20(19)12-22)27(35)25(30)13-18-5-7-21(28)14-24(18)29/h3-10,12,14,25H,11,13,15-16,30H2,1-2H3,(H,31,34). The van der Waals surface area contributed by atoms with E-state index >= 15 is 0 Å². The summed E-state index contributed by atoms with van der Waals surface area (Å²) in [5, 5.41) is 4.00. The van der Waals surface area contributed by atoms with Gasteiger partial charge in [0.1, 0.15) is 0 Å². The maximum absolute atomic E-state index is 13.0. The van der Waals surface area contributed by atoms with Crippen molar-refractivity contribution in [1.82, 2.24) is 4.90 Å². The first-order valence-corrected chi connectivity index (χ1v) is 12.1. The zero-order valence-electron chi connectivity index (χ0n) is 19.7. The van der Waals surface area contributed by atoms with Crippen LogP contribution in [0.5, 0.6) is 0 Å². The summed E-state index contributed by atoms with van der Waals surface area (Å²) >= 11 is 12.2. The lowest BCUT2D eigenvalue weighted by atomic mass is 10.1. The molecule has 1 heterocycles. The summed E-state index contributed by atoms with van der Waals surface area (Å²) in [6, 6.07) is 18.1. The van der Waals surface area contributed by atoms with E-state index < -0.39 is 6.04 Å².